The molecule has 1 amide bonds. The maximum Gasteiger partial charge on any atom is 0.235 e. The number of hydrogen-bond acceptors (Lipinski definition) is 3. The second kappa shape index (κ2) is 7.32. The van der Waals surface area contributed by atoms with Gasteiger partial charge < -0.3 is 5.32 Å². The van der Waals surface area contributed by atoms with Crippen LogP contribution in [-0.2, 0) is 26.9 Å². The van der Waals surface area contributed by atoms with Crippen molar-refractivity contribution in [1.82, 2.24) is 5.32 Å². The summed E-state index contributed by atoms with van der Waals surface area (Å²) in [6.45, 7) is -0.0857. The second-order valence-corrected chi connectivity index (χ2v) is 7.09. The van der Waals surface area contributed by atoms with Crippen LogP contribution in [0.1, 0.15) is 11.1 Å². The summed E-state index contributed by atoms with van der Waals surface area (Å²) in [4.78, 5) is 11.7. The quantitative estimate of drug-likeness (QED) is 0.877. The van der Waals surface area contributed by atoms with Crippen molar-refractivity contribution in [3.05, 3.63) is 71.3 Å². The van der Waals surface area contributed by atoms with Crippen molar-refractivity contribution in [2.24, 2.45) is 0 Å². The Labute approximate surface area is 133 Å². The van der Waals surface area contributed by atoms with Crippen LogP contribution in [0.15, 0.2) is 48.5 Å². The highest BCUT2D eigenvalue weighted by molar-refractivity contribution is 7.91. The first-order chi connectivity index (χ1) is 10.9. The van der Waals surface area contributed by atoms with Crippen molar-refractivity contribution < 1.29 is 22.0 Å². The number of carbonyl (C=O) groups is 1. The Kier molecular flexibility index (Phi) is 5.44. The average molecular weight is 339 g/mol. The van der Waals surface area contributed by atoms with Crippen molar-refractivity contribution in [3.8, 4) is 0 Å². The Morgan fingerprint density at radius 3 is 2.30 bits per heavy atom. The maximum absolute atomic E-state index is 13.4. The third-order valence-corrected chi connectivity index (χ3v) is 4.56. The lowest BCUT2D eigenvalue weighted by Gasteiger charge is -2.07. The van der Waals surface area contributed by atoms with Crippen LogP contribution in [0.4, 0.5) is 8.78 Å². The molecule has 122 valence electrons. The van der Waals surface area contributed by atoms with E-state index in [1.165, 1.54) is 30.3 Å². The normalized spacial score (nSPS) is 11.2. The number of hydrogen-bond donors (Lipinski definition) is 1. The number of sulfone groups is 1. The minimum absolute atomic E-state index is 0.0857. The molecule has 0 spiro atoms. The summed E-state index contributed by atoms with van der Waals surface area (Å²) in [7, 11) is -3.69. The number of nitrogens with one attached hydrogen (secondary N) is 1. The van der Waals surface area contributed by atoms with Gasteiger partial charge in [0.1, 0.15) is 17.4 Å². The summed E-state index contributed by atoms with van der Waals surface area (Å²) in [6, 6.07) is 10.9. The molecule has 23 heavy (non-hydrogen) atoms. The monoisotopic (exact) mass is 339 g/mol. The Bertz CT molecular complexity index is 789. The molecule has 4 nitrogen and oxygen atoms in total. The van der Waals surface area contributed by atoms with E-state index in [0.717, 1.165) is 12.1 Å². The summed E-state index contributed by atoms with van der Waals surface area (Å²) < 4.78 is 50.1. The maximum atomic E-state index is 13.4. The van der Waals surface area contributed by atoms with E-state index in [1.807, 2.05) is 0 Å². The average Bonchev–Trinajstić information content (AvgIpc) is 2.48. The van der Waals surface area contributed by atoms with Crippen molar-refractivity contribution in [3.63, 3.8) is 0 Å². The van der Waals surface area contributed by atoms with E-state index in [4.69, 9.17) is 0 Å². The highest BCUT2D eigenvalue weighted by Gasteiger charge is 2.17. The molecule has 0 unspecified atom stereocenters. The number of benzene rings is 2. The lowest BCUT2D eigenvalue weighted by Crippen LogP contribution is -2.30. The van der Waals surface area contributed by atoms with Gasteiger partial charge in [0.15, 0.2) is 9.84 Å². The molecular weight excluding hydrogens is 324 g/mol. The Balaban J connectivity index is 1.91. The summed E-state index contributed by atoms with van der Waals surface area (Å²) in [5.41, 5.74) is 0.671. The van der Waals surface area contributed by atoms with Gasteiger partial charge >= 0.3 is 0 Å². The highest BCUT2D eigenvalue weighted by Crippen LogP contribution is 2.09. The molecule has 0 aliphatic carbocycles. The molecule has 0 fully saturated rings. The SMILES string of the molecule is O=C(CS(=O)(=O)Cc1ccc(F)cc1)NCc1ccccc1F. The van der Waals surface area contributed by atoms with Crippen LogP contribution in [-0.4, -0.2) is 20.1 Å². The Hall–Kier alpha value is -2.28. The molecule has 0 heterocycles. The molecular formula is C16H15F2NO3S. The molecule has 0 atom stereocenters. The predicted octanol–water partition coefficient (Wildman–Crippen LogP) is 2.20. The highest BCUT2D eigenvalue weighted by atomic mass is 32.2. The molecule has 2 aromatic carbocycles. The van der Waals surface area contributed by atoms with E-state index in [9.17, 15) is 22.0 Å². The number of rotatable bonds is 6. The van der Waals surface area contributed by atoms with Crippen LogP contribution in [0.5, 0.6) is 0 Å². The van der Waals surface area contributed by atoms with Crippen LogP contribution in [0.3, 0.4) is 0 Å². The smallest absolute Gasteiger partial charge is 0.235 e. The lowest BCUT2D eigenvalue weighted by atomic mass is 10.2. The van der Waals surface area contributed by atoms with Crippen LogP contribution >= 0.6 is 0 Å². The summed E-state index contributed by atoms with van der Waals surface area (Å²) in [5.74, 6) is -2.72. The van der Waals surface area contributed by atoms with Gasteiger partial charge in [-0.05, 0) is 23.8 Å². The molecule has 2 aromatic rings. The number of halogens is 2. The fraction of sp³-hybridized carbons (Fsp3) is 0.188. The van der Waals surface area contributed by atoms with Gasteiger partial charge in [0.05, 0.1) is 5.75 Å². The standard InChI is InChI=1S/C16H15F2NO3S/c17-14-7-5-12(6-8-14)10-23(21,22)11-16(20)19-9-13-3-1-2-4-15(13)18/h1-8H,9-11H2,(H,19,20). The zero-order valence-electron chi connectivity index (χ0n) is 12.1. The molecule has 0 aromatic heterocycles. The van der Waals surface area contributed by atoms with Gasteiger partial charge in [0.2, 0.25) is 5.91 Å². The largest absolute Gasteiger partial charge is 0.351 e. The van der Waals surface area contributed by atoms with Crippen molar-refractivity contribution in [2.75, 3.05) is 5.75 Å². The summed E-state index contributed by atoms with van der Waals surface area (Å²) >= 11 is 0. The zero-order valence-corrected chi connectivity index (χ0v) is 12.9. The first-order valence-electron chi connectivity index (χ1n) is 6.81. The van der Waals surface area contributed by atoms with Gasteiger partial charge in [-0.1, -0.05) is 30.3 Å². The summed E-state index contributed by atoms with van der Waals surface area (Å²) in [5, 5.41) is 2.37. The van der Waals surface area contributed by atoms with Gasteiger partial charge in [-0.3, -0.25) is 4.79 Å². The van der Waals surface area contributed by atoms with E-state index in [-0.39, 0.29) is 17.9 Å². The van der Waals surface area contributed by atoms with Crippen molar-refractivity contribution >= 4 is 15.7 Å². The van der Waals surface area contributed by atoms with E-state index in [0.29, 0.717) is 5.56 Å². The van der Waals surface area contributed by atoms with Crippen molar-refractivity contribution in [1.29, 1.82) is 0 Å². The van der Waals surface area contributed by atoms with Crippen LogP contribution in [0.25, 0.3) is 0 Å². The van der Waals surface area contributed by atoms with E-state index >= 15 is 0 Å². The fourth-order valence-corrected chi connectivity index (χ4v) is 3.28. The first-order valence-corrected chi connectivity index (χ1v) is 8.63. The minimum Gasteiger partial charge on any atom is -0.351 e. The minimum atomic E-state index is -3.69. The predicted molar refractivity (Wildman–Crippen MR) is 82.1 cm³/mol. The van der Waals surface area contributed by atoms with E-state index in [2.05, 4.69) is 5.32 Å². The molecule has 0 aliphatic heterocycles. The molecule has 0 saturated carbocycles. The Morgan fingerprint density at radius 1 is 1.00 bits per heavy atom. The third kappa shape index (κ3) is 5.45. The number of amides is 1. The van der Waals surface area contributed by atoms with Crippen LogP contribution < -0.4 is 5.32 Å². The summed E-state index contributed by atoms with van der Waals surface area (Å²) in [6.07, 6.45) is 0. The molecule has 1 N–H and O–H groups in total. The zero-order chi connectivity index (χ0) is 16.9. The second-order valence-electron chi connectivity index (χ2n) is 5.03. The number of carbonyl (C=O) groups excluding carboxylic acids is 1. The van der Waals surface area contributed by atoms with E-state index < -0.39 is 33.1 Å². The molecule has 0 aliphatic rings. The van der Waals surface area contributed by atoms with Gasteiger partial charge in [0, 0.05) is 12.1 Å². The topological polar surface area (TPSA) is 63.2 Å². The van der Waals surface area contributed by atoms with Gasteiger partial charge in [-0.2, -0.15) is 0 Å². The molecule has 0 saturated heterocycles. The third-order valence-electron chi connectivity index (χ3n) is 3.08. The lowest BCUT2D eigenvalue weighted by molar-refractivity contribution is -0.118. The fourth-order valence-electron chi connectivity index (χ4n) is 1.97. The first kappa shape index (κ1) is 17.1. The molecule has 7 heteroatoms. The van der Waals surface area contributed by atoms with Crippen LogP contribution in [0.2, 0.25) is 0 Å². The van der Waals surface area contributed by atoms with Gasteiger partial charge in [-0.15, -0.1) is 0 Å². The molecule has 2 rings (SSSR count). The molecule has 0 bridgehead atoms. The van der Waals surface area contributed by atoms with E-state index in [1.54, 1.807) is 6.07 Å². The molecule has 0 radical (unpaired) electrons. The van der Waals surface area contributed by atoms with Gasteiger partial charge in [-0.25, -0.2) is 17.2 Å². The van der Waals surface area contributed by atoms with Crippen LogP contribution in [0, 0.1) is 11.6 Å². The van der Waals surface area contributed by atoms with Crippen molar-refractivity contribution in [2.45, 2.75) is 12.3 Å². The Morgan fingerprint density at radius 2 is 1.65 bits per heavy atom. The van der Waals surface area contributed by atoms with Gasteiger partial charge in [0.25, 0.3) is 0 Å².